The molecule has 0 saturated heterocycles. The number of nitrogens with zero attached hydrogens (tertiary/aromatic N) is 7. The first-order valence-electron chi connectivity index (χ1n) is 12.9. The third kappa shape index (κ3) is 3.43. The van der Waals surface area contributed by atoms with Crippen molar-refractivity contribution in [2.75, 3.05) is 7.05 Å². The number of ether oxygens (including phenoxy) is 1. The molecule has 2 bridgehead atoms. The van der Waals surface area contributed by atoms with E-state index < -0.39 is 23.5 Å². The highest BCUT2D eigenvalue weighted by atomic mass is 19.3. The van der Waals surface area contributed by atoms with Crippen LogP contribution in [0.3, 0.4) is 0 Å². The molecule has 2 aliphatic carbocycles. The number of rotatable bonds is 4. The summed E-state index contributed by atoms with van der Waals surface area (Å²) in [5.41, 5.74) is 8.92. The molecule has 3 aliphatic rings. The Kier molecular flexibility index (Phi) is 5.06. The largest absolute Gasteiger partial charge is 0.434 e. The number of amides is 1. The number of hydrogen-bond donors (Lipinski definition) is 1. The lowest BCUT2D eigenvalue weighted by Gasteiger charge is -2.47. The summed E-state index contributed by atoms with van der Waals surface area (Å²) in [5.74, 6) is 0.228. The van der Waals surface area contributed by atoms with E-state index in [1.807, 2.05) is 17.5 Å². The molecule has 2 atom stereocenters. The Morgan fingerprint density at radius 2 is 1.90 bits per heavy atom. The first kappa shape index (κ1) is 24.5. The van der Waals surface area contributed by atoms with Crippen molar-refractivity contribution in [1.29, 1.82) is 5.26 Å². The van der Waals surface area contributed by atoms with Crippen LogP contribution in [0, 0.1) is 16.7 Å². The molecule has 1 fully saturated rings. The number of nitriles is 1. The second-order valence-electron chi connectivity index (χ2n) is 11.2. The van der Waals surface area contributed by atoms with Crippen LogP contribution in [0.5, 0.6) is 5.75 Å². The average molecular weight is 543 g/mol. The zero-order valence-corrected chi connectivity index (χ0v) is 21.7. The maximum absolute atomic E-state index is 13.3. The molecular formula is C28H24F2N8O2. The van der Waals surface area contributed by atoms with Crippen LogP contribution in [0.25, 0.3) is 16.9 Å². The van der Waals surface area contributed by atoms with Crippen LogP contribution in [0.4, 0.5) is 8.78 Å². The molecule has 4 aromatic rings. The van der Waals surface area contributed by atoms with Gasteiger partial charge in [0.2, 0.25) is 5.78 Å². The summed E-state index contributed by atoms with van der Waals surface area (Å²) in [6.07, 6.45) is 8.36. The van der Waals surface area contributed by atoms with E-state index >= 15 is 0 Å². The number of aromatic nitrogens is 5. The molecule has 7 rings (SSSR count). The third-order valence-corrected chi connectivity index (χ3v) is 8.41. The number of alkyl halides is 2. The van der Waals surface area contributed by atoms with Gasteiger partial charge >= 0.3 is 6.61 Å². The van der Waals surface area contributed by atoms with Gasteiger partial charge in [-0.25, -0.2) is 19.9 Å². The van der Waals surface area contributed by atoms with E-state index in [-0.39, 0.29) is 17.7 Å². The SMILES string of the molecule is CN1C(=O)c2cccc(OC(F)F)c2C2CC1c1nc3ncc(-c4cnc(C5(N)CC(C)(C#N)C5)nc4)cn3c12. The molecule has 0 radical (unpaired) electrons. The number of imidazole rings is 1. The summed E-state index contributed by atoms with van der Waals surface area (Å²) < 4.78 is 33.4. The van der Waals surface area contributed by atoms with Crippen LogP contribution in [0.2, 0.25) is 0 Å². The predicted octanol–water partition coefficient (Wildman–Crippen LogP) is 3.93. The van der Waals surface area contributed by atoms with Gasteiger partial charge in [-0.15, -0.1) is 0 Å². The van der Waals surface area contributed by atoms with Gasteiger partial charge in [0.05, 0.1) is 34.5 Å². The average Bonchev–Trinajstić information content (AvgIpc) is 3.45. The van der Waals surface area contributed by atoms with Crippen LogP contribution < -0.4 is 10.5 Å². The predicted molar refractivity (Wildman–Crippen MR) is 137 cm³/mol. The Hall–Kier alpha value is -4.50. The standard InChI is InChI=1S/C28H24F2N8O2/c1-27(13-31)11-28(32,12-27)24-33-7-14(8-34-24)15-9-35-26-36-21-18-6-17(22(21)38(26)10-15)20-16(23(39)37(18)2)4-3-5-19(20)40-25(29)30/h3-5,7-10,17-18,25H,6,11-12,32H2,1-2H3. The van der Waals surface area contributed by atoms with E-state index in [4.69, 9.17) is 15.5 Å². The van der Waals surface area contributed by atoms with Crippen LogP contribution in [-0.2, 0) is 5.54 Å². The Morgan fingerprint density at radius 1 is 1.18 bits per heavy atom. The van der Waals surface area contributed by atoms with Crippen molar-refractivity contribution in [3.05, 3.63) is 71.3 Å². The lowest BCUT2D eigenvalue weighted by atomic mass is 9.59. The monoisotopic (exact) mass is 542 g/mol. The number of fused-ring (bicyclic) bond motifs is 9. The zero-order valence-electron chi connectivity index (χ0n) is 21.7. The van der Waals surface area contributed by atoms with Crippen molar-refractivity contribution in [3.63, 3.8) is 0 Å². The summed E-state index contributed by atoms with van der Waals surface area (Å²) in [6, 6.07) is 6.62. The molecule has 0 spiro atoms. The quantitative estimate of drug-likeness (QED) is 0.410. The lowest BCUT2D eigenvalue weighted by Crippen LogP contribution is -2.54. The maximum Gasteiger partial charge on any atom is 0.387 e. The molecule has 4 heterocycles. The van der Waals surface area contributed by atoms with Crippen molar-refractivity contribution in [3.8, 4) is 22.9 Å². The highest BCUT2D eigenvalue weighted by Gasteiger charge is 2.53. The fraction of sp³-hybridized carbons (Fsp3) is 0.357. The first-order valence-corrected chi connectivity index (χ1v) is 12.9. The summed E-state index contributed by atoms with van der Waals surface area (Å²) >= 11 is 0. The van der Waals surface area contributed by atoms with E-state index in [0.29, 0.717) is 53.2 Å². The van der Waals surface area contributed by atoms with Crippen molar-refractivity contribution >= 4 is 11.7 Å². The molecule has 2 unspecified atom stereocenters. The Balaban J connectivity index is 1.31. The molecule has 1 aliphatic heterocycles. The van der Waals surface area contributed by atoms with Gasteiger partial charge in [0.25, 0.3) is 5.91 Å². The summed E-state index contributed by atoms with van der Waals surface area (Å²) in [6.45, 7) is -1.15. The molecule has 3 aromatic heterocycles. The second kappa shape index (κ2) is 8.25. The molecule has 1 amide bonds. The van der Waals surface area contributed by atoms with Crippen LogP contribution in [0.1, 0.15) is 71.3 Å². The lowest BCUT2D eigenvalue weighted by molar-refractivity contribution is -0.0506. The highest BCUT2D eigenvalue weighted by Crippen LogP contribution is 2.53. The Bertz CT molecular complexity index is 1740. The van der Waals surface area contributed by atoms with E-state index in [1.54, 1.807) is 42.7 Å². The van der Waals surface area contributed by atoms with Crippen molar-refractivity contribution in [1.82, 2.24) is 29.2 Å². The number of benzene rings is 1. The molecular weight excluding hydrogens is 518 g/mol. The van der Waals surface area contributed by atoms with Crippen LogP contribution >= 0.6 is 0 Å². The normalized spacial score (nSPS) is 26.7. The van der Waals surface area contributed by atoms with Crippen LogP contribution in [-0.4, -0.2) is 48.8 Å². The minimum atomic E-state index is -3.03. The van der Waals surface area contributed by atoms with E-state index in [2.05, 4.69) is 21.0 Å². The van der Waals surface area contributed by atoms with Crippen LogP contribution in [0.15, 0.2) is 43.0 Å². The molecule has 2 N–H and O–H groups in total. The Morgan fingerprint density at radius 3 is 2.60 bits per heavy atom. The topological polar surface area (TPSA) is 135 Å². The van der Waals surface area contributed by atoms with Gasteiger partial charge in [-0.2, -0.15) is 14.0 Å². The highest BCUT2D eigenvalue weighted by molar-refractivity contribution is 5.98. The van der Waals surface area contributed by atoms with Gasteiger partial charge in [-0.3, -0.25) is 9.20 Å². The molecule has 1 aromatic carbocycles. The molecule has 202 valence electrons. The van der Waals surface area contributed by atoms with Gasteiger partial charge < -0.3 is 15.4 Å². The summed E-state index contributed by atoms with van der Waals surface area (Å²) in [4.78, 5) is 33.2. The zero-order chi connectivity index (χ0) is 28.0. The fourth-order valence-corrected chi connectivity index (χ4v) is 6.68. The first-order chi connectivity index (χ1) is 19.1. The number of carbonyl (C=O) groups excluding carboxylic acids is 1. The maximum atomic E-state index is 13.3. The van der Waals surface area contributed by atoms with Gasteiger partial charge in [-0.05, 0) is 38.3 Å². The third-order valence-electron chi connectivity index (χ3n) is 8.41. The van der Waals surface area contributed by atoms with Crippen molar-refractivity contribution < 1.29 is 18.3 Å². The minimum absolute atomic E-state index is 0.0185. The number of halogens is 2. The smallest absolute Gasteiger partial charge is 0.387 e. The summed E-state index contributed by atoms with van der Waals surface area (Å²) in [5, 5.41) is 9.34. The van der Waals surface area contributed by atoms with Gasteiger partial charge in [0.1, 0.15) is 11.6 Å². The fourth-order valence-electron chi connectivity index (χ4n) is 6.68. The molecule has 1 saturated carbocycles. The Labute approximate surface area is 227 Å². The number of carbonyl (C=O) groups is 1. The van der Waals surface area contributed by atoms with E-state index in [9.17, 15) is 18.8 Å². The van der Waals surface area contributed by atoms with E-state index in [0.717, 1.165) is 11.3 Å². The van der Waals surface area contributed by atoms with Crippen molar-refractivity contribution in [2.45, 2.75) is 50.3 Å². The second-order valence-corrected chi connectivity index (χ2v) is 11.2. The van der Waals surface area contributed by atoms with Gasteiger partial charge in [0.15, 0.2) is 0 Å². The van der Waals surface area contributed by atoms with Gasteiger partial charge in [0, 0.05) is 60.0 Å². The van der Waals surface area contributed by atoms with Gasteiger partial charge in [-0.1, -0.05) is 6.07 Å². The number of nitrogens with two attached hydrogens (primary N) is 1. The molecule has 12 heteroatoms. The summed E-state index contributed by atoms with van der Waals surface area (Å²) in [7, 11) is 1.70. The number of hydrogen-bond acceptors (Lipinski definition) is 8. The van der Waals surface area contributed by atoms with Crippen molar-refractivity contribution in [2.24, 2.45) is 11.1 Å². The minimum Gasteiger partial charge on any atom is -0.434 e. The van der Waals surface area contributed by atoms with E-state index in [1.165, 1.54) is 6.07 Å². The molecule has 10 nitrogen and oxygen atoms in total. The molecule has 40 heavy (non-hydrogen) atoms.